The van der Waals surface area contributed by atoms with Crippen molar-refractivity contribution >= 4 is 5.97 Å². The molecule has 210 valence electrons. The zero-order chi connectivity index (χ0) is 27.2. The van der Waals surface area contributed by atoms with E-state index in [1.807, 2.05) is 36.5 Å². The summed E-state index contributed by atoms with van der Waals surface area (Å²) in [6.07, 6.45) is 19.5. The van der Waals surface area contributed by atoms with E-state index >= 15 is 0 Å². The van der Waals surface area contributed by atoms with Crippen LogP contribution in [0.15, 0.2) is 42.7 Å². The second-order valence-electron chi connectivity index (χ2n) is 13.3. The third-order valence-corrected chi connectivity index (χ3v) is 10.5. The van der Waals surface area contributed by atoms with Gasteiger partial charge in [0, 0.05) is 12.4 Å². The molecule has 1 heterocycles. The lowest BCUT2D eigenvalue weighted by Gasteiger charge is -2.49. The first-order valence-electron chi connectivity index (χ1n) is 15.5. The van der Waals surface area contributed by atoms with Gasteiger partial charge in [-0.25, -0.2) is 9.48 Å². The third-order valence-electron chi connectivity index (χ3n) is 10.5. The maximum atomic E-state index is 12.7. The Hall–Kier alpha value is -2.10. The monoisotopic (exact) mass is 520 g/mol. The van der Waals surface area contributed by atoms with Crippen molar-refractivity contribution in [3.63, 3.8) is 0 Å². The van der Waals surface area contributed by atoms with Gasteiger partial charge in [-0.15, -0.1) is 0 Å². The van der Waals surface area contributed by atoms with E-state index in [0.29, 0.717) is 23.0 Å². The second kappa shape index (κ2) is 12.8. The van der Waals surface area contributed by atoms with Crippen LogP contribution >= 0.6 is 0 Å². The molecule has 4 rings (SSSR count). The molecule has 4 unspecified atom stereocenters. The van der Waals surface area contributed by atoms with Gasteiger partial charge < -0.3 is 4.74 Å². The number of hydrogen-bond acceptors (Lipinski definition) is 3. The summed E-state index contributed by atoms with van der Waals surface area (Å²) in [5, 5.41) is 4.24. The molecule has 1 aromatic carbocycles. The summed E-state index contributed by atoms with van der Waals surface area (Å²) in [5.74, 6) is 3.16. The predicted molar refractivity (Wildman–Crippen MR) is 156 cm³/mol. The van der Waals surface area contributed by atoms with E-state index in [0.717, 1.165) is 42.2 Å². The number of esters is 1. The molecule has 0 amide bonds. The van der Waals surface area contributed by atoms with E-state index < -0.39 is 0 Å². The van der Waals surface area contributed by atoms with Gasteiger partial charge in [0.2, 0.25) is 0 Å². The standard InChI is InChI=1S/C34H52N2O2/c1-6-26(31-14-8-9-19-33(31,3)4)25-28-13-10-20-34(5,30(28)7-2)21-11-24-38-32(37)27-15-17-29(18-16-27)36-23-12-22-35-36/h12,15-18,22-23,26,28,30-31H,6-11,13-14,19-21,24-25H2,1-5H3/t26-,28?,30?,31?,34?/m0/s1. The molecule has 0 aliphatic heterocycles. The van der Waals surface area contributed by atoms with Gasteiger partial charge in [0.1, 0.15) is 0 Å². The van der Waals surface area contributed by atoms with Crippen LogP contribution in [0, 0.1) is 34.5 Å². The van der Waals surface area contributed by atoms with Crippen LogP contribution in [-0.2, 0) is 4.74 Å². The Balaban J connectivity index is 1.30. The SMILES string of the molecule is CCC1C(C[C@H](CC)C2CCCCC2(C)C)CCCC1(C)CCCOC(=O)c1ccc(-n2cccn2)cc1. The Labute approximate surface area is 231 Å². The highest BCUT2D eigenvalue weighted by Gasteiger charge is 2.43. The Bertz CT molecular complexity index is 996. The van der Waals surface area contributed by atoms with E-state index in [1.54, 1.807) is 10.9 Å². The molecular formula is C34H52N2O2. The van der Waals surface area contributed by atoms with Crippen LogP contribution in [0.1, 0.15) is 122 Å². The molecule has 2 saturated carbocycles. The number of carbonyl (C=O) groups excluding carboxylic acids is 1. The van der Waals surface area contributed by atoms with E-state index in [-0.39, 0.29) is 5.97 Å². The Morgan fingerprint density at radius 1 is 1.08 bits per heavy atom. The molecule has 1 aromatic heterocycles. The van der Waals surface area contributed by atoms with E-state index in [4.69, 9.17) is 4.74 Å². The lowest BCUT2D eigenvalue weighted by Crippen LogP contribution is -2.40. The molecule has 2 aliphatic rings. The summed E-state index contributed by atoms with van der Waals surface area (Å²) in [5.41, 5.74) is 2.40. The second-order valence-corrected chi connectivity index (χ2v) is 13.3. The highest BCUT2D eigenvalue weighted by Crippen LogP contribution is 2.53. The molecule has 0 spiro atoms. The van der Waals surface area contributed by atoms with Crippen molar-refractivity contribution in [1.29, 1.82) is 0 Å². The lowest BCUT2D eigenvalue weighted by atomic mass is 9.56. The number of nitrogens with zero attached hydrogens (tertiary/aromatic N) is 2. The average Bonchev–Trinajstić information content (AvgIpc) is 3.45. The van der Waals surface area contributed by atoms with Crippen LogP contribution < -0.4 is 0 Å². The zero-order valence-corrected chi connectivity index (χ0v) is 24.8. The predicted octanol–water partition coefficient (Wildman–Crippen LogP) is 9.27. The van der Waals surface area contributed by atoms with Crippen LogP contribution in [0.25, 0.3) is 5.69 Å². The molecular weight excluding hydrogens is 468 g/mol. The summed E-state index contributed by atoms with van der Waals surface area (Å²) < 4.78 is 7.50. The van der Waals surface area contributed by atoms with Crippen LogP contribution in [-0.4, -0.2) is 22.4 Å². The van der Waals surface area contributed by atoms with Crippen molar-refractivity contribution in [3.05, 3.63) is 48.3 Å². The normalized spacial score (nSPS) is 28.1. The third kappa shape index (κ3) is 6.72. The van der Waals surface area contributed by atoms with Crippen LogP contribution in [0.2, 0.25) is 0 Å². The number of benzene rings is 1. The maximum Gasteiger partial charge on any atom is 0.338 e. The summed E-state index contributed by atoms with van der Waals surface area (Å²) >= 11 is 0. The van der Waals surface area contributed by atoms with Gasteiger partial charge >= 0.3 is 5.97 Å². The summed E-state index contributed by atoms with van der Waals surface area (Å²) in [6.45, 7) is 13.0. The molecule has 38 heavy (non-hydrogen) atoms. The molecule has 0 saturated heterocycles. The number of aromatic nitrogens is 2. The van der Waals surface area contributed by atoms with Crippen molar-refractivity contribution in [2.75, 3.05) is 6.61 Å². The minimum atomic E-state index is -0.225. The van der Waals surface area contributed by atoms with E-state index in [1.165, 1.54) is 64.2 Å². The number of ether oxygens (including phenoxy) is 1. The number of hydrogen-bond donors (Lipinski definition) is 0. The van der Waals surface area contributed by atoms with Crippen molar-refractivity contribution in [2.45, 2.75) is 112 Å². The Morgan fingerprint density at radius 2 is 1.87 bits per heavy atom. The van der Waals surface area contributed by atoms with Crippen molar-refractivity contribution in [1.82, 2.24) is 9.78 Å². The largest absolute Gasteiger partial charge is 0.462 e. The molecule has 4 heteroatoms. The molecule has 4 nitrogen and oxygen atoms in total. The van der Waals surface area contributed by atoms with Gasteiger partial charge in [0.15, 0.2) is 0 Å². The number of rotatable bonds is 11. The summed E-state index contributed by atoms with van der Waals surface area (Å²) in [4.78, 5) is 12.7. The molecule has 2 fully saturated rings. The summed E-state index contributed by atoms with van der Waals surface area (Å²) in [7, 11) is 0. The van der Waals surface area contributed by atoms with Crippen molar-refractivity contribution in [3.8, 4) is 5.69 Å². The van der Waals surface area contributed by atoms with Crippen LogP contribution in [0.3, 0.4) is 0 Å². The van der Waals surface area contributed by atoms with Gasteiger partial charge in [0.05, 0.1) is 17.9 Å². The van der Waals surface area contributed by atoms with E-state index in [9.17, 15) is 4.79 Å². The highest BCUT2D eigenvalue weighted by atomic mass is 16.5. The number of carbonyl (C=O) groups is 1. The topological polar surface area (TPSA) is 44.1 Å². The molecule has 0 bridgehead atoms. The van der Waals surface area contributed by atoms with Gasteiger partial charge in [-0.2, -0.15) is 5.10 Å². The van der Waals surface area contributed by atoms with Crippen molar-refractivity contribution < 1.29 is 9.53 Å². The maximum absolute atomic E-state index is 12.7. The Kier molecular flexibility index (Phi) is 9.76. The van der Waals surface area contributed by atoms with Crippen LogP contribution in [0.4, 0.5) is 0 Å². The first-order chi connectivity index (χ1) is 18.3. The molecule has 5 atom stereocenters. The van der Waals surface area contributed by atoms with Gasteiger partial charge in [0.25, 0.3) is 0 Å². The fourth-order valence-electron chi connectivity index (χ4n) is 8.44. The Morgan fingerprint density at radius 3 is 2.53 bits per heavy atom. The minimum absolute atomic E-state index is 0.225. The first kappa shape index (κ1) is 28.9. The minimum Gasteiger partial charge on any atom is -0.462 e. The van der Waals surface area contributed by atoms with Gasteiger partial charge in [-0.3, -0.25) is 0 Å². The van der Waals surface area contributed by atoms with Gasteiger partial charge in [-0.1, -0.05) is 73.1 Å². The lowest BCUT2D eigenvalue weighted by molar-refractivity contribution is 0.00232. The first-order valence-corrected chi connectivity index (χ1v) is 15.5. The van der Waals surface area contributed by atoms with Gasteiger partial charge in [-0.05, 0) is 103 Å². The molecule has 2 aromatic rings. The smallest absolute Gasteiger partial charge is 0.338 e. The van der Waals surface area contributed by atoms with E-state index in [2.05, 4.69) is 39.7 Å². The summed E-state index contributed by atoms with van der Waals surface area (Å²) in [6, 6.07) is 9.38. The molecule has 2 aliphatic carbocycles. The van der Waals surface area contributed by atoms with Crippen molar-refractivity contribution in [2.24, 2.45) is 34.5 Å². The fourth-order valence-corrected chi connectivity index (χ4v) is 8.44. The fraction of sp³-hybridized carbons (Fsp3) is 0.706. The highest BCUT2D eigenvalue weighted by molar-refractivity contribution is 5.89. The molecule has 0 radical (unpaired) electrons. The quantitative estimate of drug-likeness (QED) is 0.219. The zero-order valence-electron chi connectivity index (χ0n) is 24.8. The van der Waals surface area contributed by atoms with Crippen LogP contribution in [0.5, 0.6) is 0 Å². The molecule has 0 N–H and O–H groups in total. The average molecular weight is 521 g/mol.